The lowest BCUT2D eigenvalue weighted by Gasteiger charge is -2.32. The number of ketones is 1. The minimum absolute atomic E-state index is 0.189. The maximum atomic E-state index is 12.9. The Morgan fingerprint density at radius 2 is 1.81 bits per heavy atom. The van der Waals surface area contributed by atoms with Gasteiger partial charge in [0.2, 0.25) is 17.1 Å². The van der Waals surface area contributed by atoms with Crippen molar-refractivity contribution in [3.8, 4) is 0 Å². The van der Waals surface area contributed by atoms with Crippen LogP contribution in [0.4, 0.5) is 0 Å². The van der Waals surface area contributed by atoms with Crippen molar-refractivity contribution in [2.24, 2.45) is 0 Å². The Hall–Kier alpha value is -2.18. The van der Waals surface area contributed by atoms with Crippen LogP contribution in [0, 0.1) is 0 Å². The number of carbonyl (C=O) groups excluding carboxylic acids is 2. The maximum absolute atomic E-state index is 12.9. The Kier molecular flexibility index (Phi) is 3.93. The molecule has 2 aliphatic carbocycles. The van der Waals surface area contributed by atoms with Gasteiger partial charge in [-0.2, -0.15) is 0 Å². The Morgan fingerprint density at radius 3 is 2.50 bits per heavy atom. The molecule has 2 atom stereocenters. The van der Waals surface area contributed by atoms with Crippen molar-refractivity contribution in [3.05, 3.63) is 46.7 Å². The predicted octanol–water partition coefficient (Wildman–Crippen LogP) is 1.90. The Bertz CT molecular complexity index is 808. The Morgan fingerprint density at radius 1 is 1.15 bits per heavy atom. The second-order valence-corrected chi connectivity index (χ2v) is 7.44. The lowest BCUT2D eigenvalue weighted by Crippen LogP contribution is -2.56. The molecule has 1 aromatic carbocycles. The highest BCUT2D eigenvalue weighted by Crippen LogP contribution is 2.51. The molecule has 6 nitrogen and oxygen atoms in total. The monoisotopic (exact) mass is 357 g/mol. The van der Waals surface area contributed by atoms with Gasteiger partial charge in [0.15, 0.2) is 0 Å². The SMILES string of the molecule is CC1=C(C(=O)OC2CCCCCC2)C2(O)C(=O)c3ccccc3C2(O)N1. The van der Waals surface area contributed by atoms with Crippen molar-refractivity contribution in [1.29, 1.82) is 0 Å². The van der Waals surface area contributed by atoms with Crippen LogP contribution in [0.5, 0.6) is 0 Å². The summed E-state index contributed by atoms with van der Waals surface area (Å²) in [4.78, 5) is 25.8. The van der Waals surface area contributed by atoms with E-state index in [0.717, 1.165) is 38.5 Å². The van der Waals surface area contributed by atoms with Gasteiger partial charge in [0.05, 0.1) is 0 Å². The highest BCUT2D eigenvalue weighted by Gasteiger charge is 2.70. The van der Waals surface area contributed by atoms with Crippen LogP contribution in [0.3, 0.4) is 0 Å². The standard InChI is InChI=1S/C20H23NO5/c1-12-16(18(23)26-13-8-4-2-3-5-9-13)19(24)17(22)14-10-6-7-11-15(14)20(19,25)21-12/h6-7,10-11,13,21,24-25H,2-5,8-9H2,1H3. The summed E-state index contributed by atoms with van der Waals surface area (Å²) in [5, 5.41) is 25.1. The summed E-state index contributed by atoms with van der Waals surface area (Å²) >= 11 is 0. The molecule has 26 heavy (non-hydrogen) atoms. The van der Waals surface area contributed by atoms with E-state index >= 15 is 0 Å². The second-order valence-electron chi connectivity index (χ2n) is 7.44. The highest BCUT2D eigenvalue weighted by molar-refractivity contribution is 6.16. The number of ether oxygens (including phenoxy) is 1. The van der Waals surface area contributed by atoms with E-state index in [0.29, 0.717) is 0 Å². The number of hydrogen-bond acceptors (Lipinski definition) is 6. The fraction of sp³-hybridized carbons (Fsp3) is 0.500. The number of carbonyl (C=O) groups is 2. The molecule has 0 spiro atoms. The Balaban J connectivity index is 1.68. The van der Waals surface area contributed by atoms with E-state index in [2.05, 4.69) is 5.32 Å². The van der Waals surface area contributed by atoms with Gasteiger partial charge in [-0.1, -0.05) is 37.1 Å². The van der Waals surface area contributed by atoms with Crippen LogP contribution in [-0.2, 0) is 15.3 Å². The van der Waals surface area contributed by atoms with Gasteiger partial charge in [-0.15, -0.1) is 0 Å². The van der Waals surface area contributed by atoms with Crippen LogP contribution in [0.2, 0.25) is 0 Å². The lowest BCUT2D eigenvalue weighted by molar-refractivity contribution is -0.152. The number of aliphatic hydroxyl groups is 2. The smallest absolute Gasteiger partial charge is 0.339 e. The number of allylic oxidation sites excluding steroid dienone is 1. The van der Waals surface area contributed by atoms with E-state index in [1.165, 1.54) is 6.07 Å². The minimum atomic E-state index is -2.37. The third-order valence-corrected chi connectivity index (χ3v) is 5.80. The summed E-state index contributed by atoms with van der Waals surface area (Å²) in [7, 11) is 0. The first kappa shape index (κ1) is 17.2. The zero-order valence-corrected chi connectivity index (χ0v) is 14.7. The molecule has 2 unspecified atom stereocenters. The average Bonchev–Trinajstić information content (AvgIpc) is 2.83. The molecule has 1 heterocycles. The van der Waals surface area contributed by atoms with E-state index < -0.39 is 23.1 Å². The number of nitrogens with one attached hydrogen (secondary N) is 1. The molecule has 1 fully saturated rings. The van der Waals surface area contributed by atoms with E-state index in [1.807, 2.05) is 0 Å². The van der Waals surface area contributed by atoms with Crippen LogP contribution in [-0.4, -0.2) is 33.7 Å². The topological polar surface area (TPSA) is 95.9 Å². The fourth-order valence-electron chi connectivity index (χ4n) is 4.48. The van der Waals surface area contributed by atoms with Crippen molar-refractivity contribution in [3.63, 3.8) is 0 Å². The summed E-state index contributed by atoms with van der Waals surface area (Å²) in [6.07, 6.45) is 5.56. The third-order valence-electron chi connectivity index (χ3n) is 5.80. The minimum Gasteiger partial charge on any atom is -0.459 e. The van der Waals surface area contributed by atoms with E-state index in [4.69, 9.17) is 4.74 Å². The van der Waals surface area contributed by atoms with Gasteiger partial charge in [0.25, 0.3) is 0 Å². The first-order chi connectivity index (χ1) is 12.4. The van der Waals surface area contributed by atoms with Crippen LogP contribution in [0.15, 0.2) is 35.5 Å². The molecule has 1 aromatic rings. The van der Waals surface area contributed by atoms with E-state index in [1.54, 1.807) is 25.1 Å². The molecule has 3 N–H and O–H groups in total. The zero-order chi connectivity index (χ0) is 18.5. The molecule has 3 aliphatic rings. The molecule has 0 bridgehead atoms. The van der Waals surface area contributed by atoms with Gasteiger partial charge in [-0.05, 0) is 32.6 Å². The molecule has 0 saturated heterocycles. The molecule has 0 amide bonds. The van der Waals surface area contributed by atoms with Gasteiger partial charge < -0.3 is 20.3 Å². The van der Waals surface area contributed by atoms with Crippen molar-refractivity contribution in [1.82, 2.24) is 5.32 Å². The molecule has 1 saturated carbocycles. The molecular formula is C20H23NO5. The normalized spacial score (nSPS) is 31.3. The number of fused-ring (bicyclic) bond motifs is 3. The summed E-state index contributed by atoms with van der Waals surface area (Å²) in [6, 6.07) is 6.45. The first-order valence-electron chi connectivity index (χ1n) is 9.19. The lowest BCUT2D eigenvalue weighted by atomic mass is 9.85. The van der Waals surface area contributed by atoms with Gasteiger partial charge in [-0.25, -0.2) is 4.79 Å². The summed E-state index contributed by atoms with van der Waals surface area (Å²) in [5.74, 6) is -1.42. The number of Topliss-reactive ketones (excluding diaryl/α,β-unsaturated/α-hetero) is 1. The zero-order valence-electron chi connectivity index (χ0n) is 14.7. The third kappa shape index (κ3) is 2.18. The number of esters is 1. The molecule has 138 valence electrons. The summed E-state index contributed by atoms with van der Waals surface area (Å²) in [6.45, 7) is 1.56. The van der Waals surface area contributed by atoms with Crippen molar-refractivity contribution in [2.45, 2.75) is 62.9 Å². The van der Waals surface area contributed by atoms with Gasteiger partial charge >= 0.3 is 5.97 Å². The van der Waals surface area contributed by atoms with Crippen molar-refractivity contribution >= 4 is 11.8 Å². The number of rotatable bonds is 2. The van der Waals surface area contributed by atoms with Crippen molar-refractivity contribution in [2.75, 3.05) is 0 Å². The number of benzene rings is 1. The molecule has 0 aromatic heterocycles. The van der Waals surface area contributed by atoms with Crippen LogP contribution in [0.1, 0.15) is 61.4 Å². The average molecular weight is 357 g/mol. The summed E-state index contributed by atoms with van der Waals surface area (Å²) < 4.78 is 5.63. The predicted molar refractivity (Wildman–Crippen MR) is 93.0 cm³/mol. The fourth-order valence-corrected chi connectivity index (χ4v) is 4.48. The second kappa shape index (κ2) is 5.93. The molecule has 4 rings (SSSR count). The van der Waals surface area contributed by atoms with Crippen LogP contribution >= 0.6 is 0 Å². The summed E-state index contributed by atoms with van der Waals surface area (Å²) in [5.41, 5.74) is -3.88. The van der Waals surface area contributed by atoms with Crippen molar-refractivity contribution < 1.29 is 24.5 Å². The number of hydrogen-bond donors (Lipinski definition) is 3. The van der Waals surface area contributed by atoms with Gasteiger partial charge in [0.1, 0.15) is 11.7 Å². The van der Waals surface area contributed by atoms with Gasteiger partial charge in [-0.3, -0.25) is 4.79 Å². The highest BCUT2D eigenvalue weighted by atomic mass is 16.5. The Labute approximate surface area is 151 Å². The van der Waals surface area contributed by atoms with E-state index in [9.17, 15) is 19.8 Å². The molecule has 6 heteroatoms. The molecule has 1 aliphatic heterocycles. The van der Waals surface area contributed by atoms with Gasteiger partial charge in [0, 0.05) is 16.8 Å². The largest absolute Gasteiger partial charge is 0.459 e. The van der Waals surface area contributed by atoms with E-state index in [-0.39, 0.29) is 28.5 Å². The molecular weight excluding hydrogens is 334 g/mol. The first-order valence-corrected chi connectivity index (χ1v) is 9.19. The van der Waals surface area contributed by atoms with Crippen LogP contribution < -0.4 is 5.32 Å². The quantitative estimate of drug-likeness (QED) is 0.553. The molecule has 0 radical (unpaired) electrons. The maximum Gasteiger partial charge on any atom is 0.339 e. The van der Waals surface area contributed by atoms with Crippen LogP contribution in [0.25, 0.3) is 0 Å².